The fraction of sp³-hybridized carbons (Fsp3) is 0.696. The van der Waals surface area contributed by atoms with E-state index in [4.69, 9.17) is 12.2 Å². The lowest BCUT2D eigenvalue weighted by Gasteiger charge is -2.50. The number of hydrogen-bond acceptors (Lipinski definition) is 1. The van der Waals surface area contributed by atoms with Gasteiger partial charge >= 0.3 is 0 Å². The topological polar surface area (TPSA) is 28.5 Å². The first kappa shape index (κ1) is 19.2. The average Bonchev–Trinajstić information content (AvgIpc) is 2.60. The molecule has 0 amide bonds. The van der Waals surface area contributed by atoms with Gasteiger partial charge < -0.3 is 15.5 Å². The summed E-state index contributed by atoms with van der Waals surface area (Å²) >= 11 is 5.66. The van der Waals surface area contributed by atoms with Crippen molar-refractivity contribution in [2.75, 3.05) is 5.32 Å². The third-order valence-electron chi connectivity index (χ3n) is 7.08. The van der Waals surface area contributed by atoms with Gasteiger partial charge in [-0.25, -0.2) is 0 Å². The third kappa shape index (κ3) is 4.65. The lowest BCUT2D eigenvalue weighted by atomic mass is 9.78. The molecule has 1 saturated carbocycles. The van der Waals surface area contributed by atoms with Crippen molar-refractivity contribution in [3.63, 3.8) is 0 Å². The maximum absolute atomic E-state index is 5.66. The minimum absolute atomic E-state index is 0.540. The normalized spacial score (nSPS) is 31.3. The molecule has 27 heavy (non-hydrogen) atoms. The van der Waals surface area contributed by atoms with E-state index in [1.54, 1.807) is 0 Å². The Kier molecular flexibility index (Phi) is 6.03. The first-order chi connectivity index (χ1) is 13.1. The molecule has 0 aromatic heterocycles. The van der Waals surface area contributed by atoms with Gasteiger partial charge in [-0.1, -0.05) is 12.5 Å². The third-order valence-corrected chi connectivity index (χ3v) is 7.30. The SMILES string of the molecule is Cc1cc(C)cc(NC(=S)NC2C[C@H]3CCC[C@H](C2)[NH+]3C2CCCCC2)c1. The van der Waals surface area contributed by atoms with E-state index >= 15 is 0 Å². The molecule has 3 N–H and O–H groups in total. The molecule has 2 heterocycles. The molecule has 3 nitrogen and oxygen atoms in total. The molecular weight excluding hydrogens is 350 g/mol. The van der Waals surface area contributed by atoms with Crippen molar-refractivity contribution in [2.45, 2.75) is 102 Å². The van der Waals surface area contributed by atoms with Crippen LogP contribution in [0.3, 0.4) is 0 Å². The van der Waals surface area contributed by atoms with Crippen LogP contribution >= 0.6 is 12.2 Å². The van der Waals surface area contributed by atoms with E-state index in [0.717, 1.165) is 28.9 Å². The summed E-state index contributed by atoms with van der Waals surface area (Å²) in [6.07, 6.45) is 14.1. The Morgan fingerprint density at radius 2 is 1.44 bits per heavy atom. The second-order valence-electron chi connectivity index (χ2n) is 9.30. The second-order valence-corrected chi connectivity index (χ2v) is 9.71. The largest absolute Gasteiger partial charge is 0.359 e. The number of anilines is 1. The maximum atomic E-state index is 5.66. The predicted octanol–water partition coefficient (Wildman–Crippen LogP) is 3.89. The van der Waals surface area contributed by atoms with E-state index in [0.29, 0.717) is 6.04 Å². The fourth-order valence-electron chi connectivity index (χ4n) is 6.19. The monoisotopic (exact) mass is 386 g/mol. The van der Waals surface area contributed by atoms with Crippen LogP contribution < -0.4 is 15.5 Å². The Morgan fingerprint density at radius 3 is 2.07 bits per heavy atom. The molecule has 2 saturated heterocycles. The summed E-state index contributed by atoms with van der Waals surface area (Å²) in [4.78, 5) is 1.98. The van der Waals surface area contributed by atoms with Crippen molar-refractivity contribution in [3.8, 4) is 0 Å². The minimum atomic E-state index is 0.540. The molecule has 3 fully saturated rings. The zero-order valence-electron chi connectivity index (χ0n) is 17.0. The van der Waals surface area contributed by atoms with Crippen molar-refractivity contribution in [3.05, 3.63) is 29.3 Å². The Morgan fingerprint density at radius 1 is 0.852 bits per heavy atom. The Hall–Kier alpha value is -1.13. The predicted molar refractivity (Wildman–Crippen MR) is 118 cm³/mol. The quantitative estimate of drug-likeness (QED) is 0.688. The molecule has 0 spiro atoms. The molecule has 0 radical (unpaired) electrons. The molecule has 1 aromatic carbocycles. The van der Waals surface area contributed by atoms with Gasteiger partial charge in [-0.3, -0.25) is 0 Å². The fourth-order valence-corrected chi connectivity index (χ4v) is 6.47. The highest BCUT2D eigenvalue weighted by atomic mass is 32.1. The number of rotatable bonds is 3. The van der Waals surface area contributed by atoms with Crippen molar-refractivity contribution >= 4 is 23.0 Å². The van der Waals surface area contributed by atoms with Gasteiger partial charge in [0.15, 0.2) is 5.11 Å². The summed E-state index contributed by atoms with van der Waals surface area (Å²) in [5.41, 5.74) is 3.66. The van der Waals surface area contributed by atoms with Gasteiger partial charge in [0.25, 0.3) is 0 Å². The van der Waals surface area contributed by atoms with Gasteiger partial charge in [-0.2, -0.15) is 0 Å². The van der Waals surface area contributed by atoms with Crippen molar-refractivity contribution < 1.29 is 4.90 Å². The number of aryl methyl sites for hydroxylation is 2. The van der Waals surface area contributed by atoms with Gasteiger partial charge in [0, 0.05) is 24.6 Å². The summed E-state index contributed by atoms with van der Waals surface area (Å²) in [5.74, 6) is 0. The molecule has 2 aliphatic heterocycles. The summed E-state index contributed by atoms with van der Waals surface area (Å²) in [6, 6.07) is 9.72. The lowest BCUT2D eigenvalue weighted by molar-refractivity contribution is -0.984. The first-order valence-corrected chi connectivity index (χ1v) is 11.5. The molecule has 148 valence electrons. The van der Waals surface area contributed by atoms with Crippen molar-refractivity contribution in [1.82, 2.24) is 5.32 Å². The number of fused-ring (bicyclic) bond motifs is 2. The van der Waals surface area contributed by atoms with Gasteiger partial charge in [-0.15, -0.1) is 0 Å². The molecule has 0 unspecified atom stereocenters. The highest BCUT2D eigenvalue weighted by molar-refractivity contribution is 7.80. The minimum Gasteiger partial charge on any atom is -0.359 e. The number of benzene rings is 1. The molecule has 3 aliphatic rings. The molecule has 2 bridgehead atoms. The smallest absolute Gasteiger partial charge is 0.171 e. The van der Waals surface area contributed by atoms with Crippen LogP contribution in [0.2, 0.25) is 0 Å². The van der Waals surface area contributed by atoms with E-state index in [1.807, 2.05) is 4.90 Å². The van der Waals surface area contributed by atoms with E-state index in [9.17, 15) is 0 Å². The Labute approximate surface area is 170 Å². The van der Waals surface area contributed by atoms with E-state index < -0.39 is 0 Å². The van der Waals surface area contributed by atoms with Crippen LogP contribution in [0.15, 0.2) is 18.2 Å². The van der Waals surface area contributed by atoms with Crippen LogP contribution in [-0.2, 0) is 0 Å². The van der Waals surface area contributed by atoms with E-state index in [1.165, 1.54) is 75.3 Å². The number of piperidine rings is 2. The zero-order valence-corrected chi connectivity index (χ0v) is 17.8. The number of nitrogens with one attached hydrogen (secondary N) is 3. The summed E-state index contributed by atoms with van der Waals surface area (Å²) in [7, 11) is 0. The summed E-state index contributed by atoms with van der Waals surface area (Å²) in [6.45, 7) is 4.28. The Bertz CT molecular complexity index is 633. The molecular formula is C23H36N3S+. The van der Waals surface area contributed by atoms with Crippen LogP contribution in [0.4, 0.5) is 5.69 Å². The van der Waals surface area contributed by atoms with Crippen LogP contribution in [0.25, 0.3) is 0 Å². The van der Waals surface area contributed by atoms with E-state index in [-0.39, 0.29) is 0 Å². The van der Waals surface area contributed by atoms with Gasteiger partial charge in [0.1, 0.15) is 0 Å². The number of quaternary nitrogens is 1. The lowest BCUT2D eigenvalue weighted by Crippen LogP contribution is -3.24. The van der Waals surface area contributed by atoms with Crippen LogP contribution in [0, 0.1) is 13.8 Å². The summed E-state index contributed by atoms with van der Waals surface area (Å²) < 4.78 is 0. The molecule has 4 rings (SSSR count). The van der Waals surface area contributed by atoms with Crippen molar-refractivity contribution in [1.29, 1.82) is 0 Å². The van der Waals surface area contributed by atoms with E-state index in [2.05, 4.69) is 42.7 Å². The van der Waals surface area contributed by atoms with Gasteiger partial charge in [0.2, 0.25) is 0 Å². The van der Waals surface area contributed by atoms with Gasteiger partial charge in [-0.05, 0) is 94.3 Å². The summed E-state index contributed by atoms with van der Waals surface area (Å²) in [5, 5.41) is 7.89. The molecule has 4 heteroatoms. The number of hydrogen-bond donors (Lipinski definition) is 3. The van der Waals surface area contributed by atoms with Crippen LogP contribution in [0.5, 0.6) is 0 Å². The Balaban J connectivity index is 1.36. The number of thiocarbonyl (C=S) groups is 1. The molecule has 1 aliphatic carbocycles. The second kappa shape index (κ2) is 8.48. The van der Waals surface area contributed by atoms with Gasteiger partial charge in [0.05, 0.1) is 18.1 Å². The van der Waals surface area contributed by atoms with Crippen LogP contribution in [-0.4, -0.2) is 29.3 Å². The first-order valence-electron chi connectivity index (χ1n) is 11.1. The van der Waals surface area contributed by atoms with Crippen LogP contribution in [0.1, 0.15) is 75.3 Å². The highest BCUT2D eigenvalue weighted by Gasteiger charge is 2.45. The maximum Gasteiger partial charge on any atom is 0.171 e. The standard InChI is InChI=1S/C23H35N3S/c1-16-11-17(2)13-18(12-16)24-23(27)25-19-14-21-9-6-10-22(15-19)26(21)20-7-4-3-5-8-20/h11-13,19-22H,3-10,14-15H2,1-2H3,(H2,24,25,27)/p+1/t21-,22-/m1/s1. The zero-order chi connectivity index (χ0) is 18.8. The molecule has 2 atom stereocenters. The van der Waals surface area contributed by atoms with Crippen molar-refractivity contribution in [2.24, 2.45) is 0 Å². The average molecular weight is 387 g/mol. The molecule has 1 aromatic rings. The highest BCUT2D eigenvalue weighted by Crippen LogP contribution is 2.26.